The van der Waals surface area contributed by atoms with Gasteiger partial charge < -0.3 is 15.1 Å². The number of nitrogens with zero attached hydrogens (tertiary/aromatic N) is 5. The molecule has 2 aliphatic rings. The fourth-order valence-electron chi connectivity index (χ4n) is 4.50. The Kier molecular flexibility index (Phi) is 4.94. The Balaban J connectivity index is 1.28. The number of benzene rings is 1. The van der Waals surface area contributed by atoms with Crippen molar-refractivity contribution < 1.29 is 4.79 Å². The van der Waals surface area contributed by atoms with Crippen LogP contribution in [0.5, 0.6) is 0 Å². The van der Waals surface area contributed by atoms with Gasteiger partial charge in [0.15, 0.2) is 5.82 Å². The van der Waals surface area contributed by atoms with Crippen LogP contribution in [0.15, 0.2) is 48.8 Å². The van der Waals surface area contributed by atoms with Crippen LogP contribution in [0.2, 0.25) is 0 Å². The van der Waals surface area contributed by atoms with Crippen molar-refractivity contribution in [1.29, 1.82) is 0 Å². The summed E-state index contributed by atoms with van der Waals surface area (Å²) >= 11 is 0. The third-order valence-electron chi connectivity index (χ3n) is 6.29. The maximum atomic E-state index is 11.9. The SMILES string of the molecule is CNC(=O)C1CCN(c2nccnc2C2CN(c3ccc4ccccc4n3)C2)CC1. The molecule has 1 N–H and O–H groups in total. The molecule has 2 aromatic heterocycles. The van der Waals surface area contributed by atoms with Gasteiger partial charge in [-0.15, -0.1) is 0 Å². The van der Waals surface area contributed by atoms with Gasteiger partial charge in [0.1, 0.15) is 5.82 Å². The number of hydrogen-bond acceptors (Lipinski definition) is 6. The summed E-state index contributed by atoms with van der Waals surface area (Å²) in [6.07, 6.45) is 5.26. The summed E-state index contributed by atoms with van der Waals surface area (Å²) in [7, 11) is 1.71. The molecule has 1 amide bonds. The monoisotopic (exact) mass is 402 g/mol. The number of rotatable bonds is 4. The van der Waals surface area contributed by atoms with Gasteiger partial charge in [-0.2, -0.15) is 0 Å². The average molecular weight is 403 g/mol. The Morgan fingerprint density at radius 1 is 1.00 bits per heavy atom. The second-order valence-corrected chi connectivity index (χ2v) is 8.10. The third-order valence-corrected chi connectivity index (χ3v) is 6.29. The molecule has 2 fully saturated rings. The van der Waals surface area contributed by atoms with Gasteiger partial charge in [-0.25, -0.2) is 9.97 Å². The first-order valence-corrected chi connectivity index (χ1v) is 10.6. The van der Waals surface area contributed by atoms with Gasteiger partial charge in [-0.05, 0) is 31.0 Å². The van der Waals surface area contributed by atoms with Crippen LogP contribution in [-0.4, -0.2) is 54.1 Å². The van der Waals surface area contributed by atoms with Gasteiger partial charge in [-0.3, -0.25) is 9.78 Å². The summed E-state index contributed by atoms with van der Waals surface area (Å²) < 4.78 is 0. The Morgan fingerprint density at radius 2 is 1.77 bits per heavy atom. The zero-order valence-corrected chi connectivity index (χ0v) is 17.2. The maximum Gasteiger partial charge on any atom is 0.222 e. The number of para-hydroxylation sites is 1. The van der Waals surface area contributed by atoms with Gasteiger partial charge in [0.05, 0.1) is 11.2 Å². The summed E-state index contributed by atoms with van der Waals surface area (Å²) in [6, 6.07) is 12.4. The predicted molar refractivity (Wildman–Crippen MR) is 118 cm³/mol. The standard InChI is InChI=1S/C23H26N6O/c1-24-23(30)17-8-12-28(13-9-17)22-21(25-10-11-26-22)18-14-29(15-18)20-7-6-16-4-2-3-5-19(16)27-20/h2-7,10-11,17-18H,8-9,12-15H2,1H3,(H,24,30). The third kappa shape index (κ3) is 3.44. The molecule has 0 bridgehead atoms. The fraction of sp³-hybridized carbons (Fsp3) is 0.391. The van der Waals surface area contributed by atoms with E-state index in [-0.39, 0.29) is 11.8 Å². The van der Waals surface area contributed by atoms with Crippen molar-refractivity contribution in [3.63, 3.8) is 0 Å². The molecule has 7 nitrogen and oxygen atoms in total. The highest BCUT2D eigenvalue weighted by atomic mass is 16.1. The first-order valence-electron chi connectivity index (χ1n) is 10.6. The highest BCUT2D eigenvalue weighted by Gasteiger charge is 2.34. The first-order chi connectivity index (χ1) is 14.7. The highest BCUT2D eigenvalue weighted by molar-refractivity contribution is 5.80. The zero-order valence-electron chi connectivity index (χ0n) is 17.2. The van der Waals surface area contributed by atoms with E-state index >= 15 is 0 Å². The van der Waals surface area contributed by atoms with Gasteiger partial charge in [-0.1, -0.05) is 18.2 Å². The van der Waals surface area contributed by atoms with E-state index in [4.69, 9.17) is 9.97 Å². The average Bonchev–Trinajstić information content (AvgIpc) is 2.78. The molecule has 5 rings (SSSR count). The topological polar surface area (TPSA) is 74.2 Å². The molecule has 0 aliphatic carbocycles. The van der Waals surface area contributed by atoms with E-state index in [1.54, 1.807) is 19.4 Å². The fourth-order valence-corrected chi connectivity index (χ4v) is 4.50. The summed E-state index contributed by atoms with van der Waals surface area (Å²) in [5.41, 5.74) is 2.09. The number of piperidine rings is 1. The number of fused-ring (bicyclic) bond motifs is 1. The van der Waals surface area contributed by atoms with Crippen molar-refractivity contribution in [1.82, 2.24) is 20.3 Å². The molecular weight excluding hydrogens is 376 g/mol. The number of aromatic nitrogens is 3. The number of hydrogen-bond donors (Lipinski definition) is 1. The molecule has 154 valence electrons. The van der Waals surface area contributed by atoms with E-state index < -0.39 is 0 Å². The molecule has 0 unspecified atom stereocenters. The van der Waals surface area contributed by atoms with Crippen molar-refractivity contribution in [2.45, 2.75) is 18.8 Å². The number of anilines is 2. The lowest BCUT2D eigenvalue weighted by Crippen LogP contribution is -2.47. The van der Waals surface area contributed by atoms with E-state index in [0.29, 0.717) is 5.92 Å². The van der Waals surface area contributed by atoms with Crippen LogP contribution in [0.3, 0.4) is 0 Å². The molecule has 2 aliphatic heterocycles. The molecule has 2 saturated heterocycles. The lowest BCUT2D eigenvalue weighted by Gasteiger charge is -2.41. The van der Waals surface area contributed by atoms with Crippen molar-refractivity contribution in [2.24, 2.45) is 5.92 Å². The van der Waals surface area contributed by atoms with Crippen molar-refractivity contribution in [3.8, 4) is 0 Å². The minimum absolute atomic E-state index is 0.101. The van der Waals surface area contributed by atoms with Crippen LogP contribution < -0.4 is 15.1 Å². The second-order valence-electron chi connectivity index (χ2n) is 8.10. The van der Waals surface area contributed by atoms with Crippen LogP contribution >= 0.6 is 0 Å². The number of amides is 1. The molecule has 3 aromatic rings. The number of pyridine rings is 1. The molecule has 0 spiro atoms. The normalized spacial score (nSPS) is 17.8. The number of carbonyl (C=O) groups is 1. The molecule has 0 saturated carbocycles. The molecule has 0 atom stereocenters. The molecule has 4 heterocycles. The highest BCUT2D eigenvalue weighted by Crippen LogP contribution is 2.35. The Morgan fingerprint density at radius 3 is 2.57 bits per heavy atom. The lowest BCUT2D eigenvalue weighted by atomic mass is 9.93. The molecule has 1 aromatic carbocycles. The second kappa shape index (κ2) is 7.89. The van der Waals surface area contributed by atoms with Gasteiger partial charge in [0.25, 0.3) is 0 Å². The molecule has 0 radical (unpaired) electrons. The summed E-state index contributed by atoms with van der Waals surface area (Å²) in [5, 5.41) is 3.93. The minimum atomic E-state index is 0.101. The largest absolute Gasteiger partial charge is 0.359 e. The summed E-state index contributed by atoms with van der Waals surface area (Å²) in [4.78, 5) is 30.7. The van der Waals surface area contributed by atoms with Crippen LogP contribution in [-0.2, 0) is 4.79 Å². The van der Waals surface area contributed by atoms with E-state index in [9.17, 15) is 4.79 Å². The van der Waals surface area contributed by atoms with Crippen LogP contribution in [0, 0.1) is 5.92 Å². The molecule has 30 heavy (non-hydrogen) atoms. The smallest absolute Gasteiger partial charge is 0.222 e. The number of carbonyl (C=O) groups excluding carboxylic acids is 1. The van der Waals surface area contributed by atoms with Crippen LogP contribution in [0.1, 0.15) is 24.5 Å². The quantitative estimate of drug-likeness (QED) is 0.723. The van der Waals surface area contributed by atoms with Crippen molar-refractivity contribution in [3.05, 3.63) is 54.5 Å². The Labute approximate surface area is 176 Å². The number of nitrogens with one attached hydrogen (secondary N) is 1. The van der Waals surface area contributed by atoms with Crippen molar-refractivity contribution >= 4 is 28.4 Å². The maximum absolute atomic E-state index is 11.9. The van der Waals surface area contributed by atoms with E-state index in [0.717, 1.165) is 67.3 Å². The van der Waals surface area contributed by atoms with Crippen LogP contribution in [0.4, 0.5) is 11.6 Å². The van der Waals surface area contributed by atoms with E-state index in [1.807, 2.05) is 12.1 Å². The van der Waals surface area contributed by atoms with E-state index in [2.05, 4.69) is 44.4 Å². The predicted octanol–water partition coefficient (Wildman–Crippen LogP) is 2.59. The van der Waals surface area contributed by atoms with Gasteiger partial charge >= 0.3 is 0 Å². The van der Waals surface area contributed by atoms with E-state index in [1.165, 1.54) is 0 Å². The van der Waals surface area contributed by atoms with Crippen LogP contribution in [0.25, 0.3) is 10.9 Å². The Hall–Kier alpha value is -3.22. The van der Waals surface area contributed by atoms with Crippen molar-refractivity contribution in [2.75, 3.05) is 43.0 Å². The summed E-state index contributed by atoms with van der Waals surface area (Å²) in [6.45, 7) is 3.47. The minimum Gasteiger partial charge on any atom is -0.359 e. The van der Waals surface area contributed by atoms with Gasteiger partial charge in [0, 0.05) is 62.8 Å². The molecular formula is C23H26N6O. The molecule has 7 heteroatoms. The Bertz CT molecular complexity index is 1060. The summed E-state index contributed by atoms with van der Waals surface area (Å²) in [5.74, 6) is 2.58. The first kappa shape index (κ1) is 18.8. The lowest BCUT2D eigenvalue weighted by molar-refractivity contribution is -0.125. The zero-order chi connectivity index (χ0) is 20.5. The van der Waals surface area contributed by atoms with Gasteiger partial charge in [0.2, 0.25) is 5.91 Å².